The Balaban J connectivity index is 2.23. The molecule has 0 amide bonds. The second-order valence-electron chi connectivity index (χ2n) is 5.04. The van der Waals surface area contributed by atoms with Crippen LogP contribution in [0.2, 0.25) is 0 Å². The zero-order valence-electron chi connectivity index (χ0n) is 12.2. The molecule has 108 valence electrons. The van der Waals surface area contributed by atoms with Gasteiger partial charge in [-0.05, 0) is 36.6 Å². The van der Waals surface area contributed by atoms with Crippen molar-refractivity contribution in [3.8, 4) is 0 Å². The number of halogens is 1. The van der Waals surface area contributed by atoms with Gasteiger partial charge in [-0.2, -0.15) is 5.10 Å². The van der Waals surface area contributed by atoms with Crippen LogP contribution in [0.25, 0.3) is 0 Å². The highest BCUT2D eigenvalue weighted by atomic mass is 19.1. The van der Waals surface area contributed by atoms with Crippen molar-refractivity contribution in [3.05, 3.63) is 52.6 Å². The van der Waals surface area contributed by atoms with Crippen molar-refractivity contribution in [2.24, 2.45) is 12.9 Å². The van der Waals surface area contributed by atoms with Gasteiger partial charge in [0.1, 0.15) is 5.82 Å². The number of hydrogen-bond donors (Lipinski definition) is 2. The Labute approximate surface area is 118 Å². The third-order valence-electron chi connectivity index (χ3n) is 3.59. The Morgan fingerprint density at radius 1 is 1.40 bits per heavy atom. The van der Waals surface area contributed by atoms with Crippen molar-refractivity contribution in [2.75, 3.05) is 0 Å². The molecule has 1 atom stereocenters. The summed E-state index contributed by atoms with van der Waals surface area (Å²) in [4.78, 5) is 0. The maximum atomic E-state index is 13.3. The molecule has 1 aromatic carbocycles. The fourth-order valence-electron chi connectivity index (χ4n) is 2.30. The van der Waals surface area contributed by atoms with Gasteiger partial charge in [0.2, 0.25) is 0 Å². The maximum absolute atomic E-state index is 13.3. The molecule has 0 saturated heterocycles. The Morgan fingerprint density at radius 3 is 2.70 bits per heavy atom. The number of aromatic nitrogens is 2. The number of aryl methyl sites for hydroxylation is 3. The summed E-state index contributed by atoms with van der Waals surface area (Å²) in [6.45, 7) is 3.83. The lowest BCUT2D eigenvalue weighted by atomic mass is 10.00. The molecular weight excluding hydrogens is 255 g/mol. The molecule has 0 aliphatic carbocycles. The topological polar surface area (TPSA) is 55.9 Å². The molecule has 0 aliphatic heterocycles. The minimum absolute atomic E-state index is 0.0607. The zero-order chi connectivity index (χ0) is 14.7. The molecule has 2 rings (SSSR count). The SMILES string of the molecule is CCc1cc(CC(NN)c2ccc(F)c(C)c2)n(C)n1. The van der Waals surface area contributed by atoms with E-state index in [0.717, 1.165) is 23.4 Å². The summed E-state index contributed by atoms with van der Waals surface area (Å²) < 4.78 is 15.2. The highest BCUT2D eigenvalue weighted by Gasteiger charge is 2.15. The van der Waals surface area contributed by atoms with E-state index < -0.39 is 0 Å². The zero-order valence-corrected chi connectivity index (χ0v) is 12.2. The molecule has 0 fully saturated rings. The molecule has 0 radical (unpaired) electrons. The van der Waals surface area contributed by atoms with Gasteiger partial charge in [0, 0.05) is 19.2 Å². The van der Waals surface area contributed by atoms with Crippen LogP contribution in [-0.4, -0.2) is 9.78 Å². The third kappa shape index (κ3) is 3.05. The first-order valence-corrected chi connectivity index (χ1v) is 6.79. The number of nitrogens with two attached hydrogens (primary N) is 1. The largest absolute Gasteiger partial charge is 0.272 e. The molecule has 1 unspecified atom stereocenters. The quantitative estimate of drug-likeness (QED) is 0.650. The molecule has 0 bridgehead atoms. The second-order valence-corrected chi connectivity index (χ2v) is 5.04. The smallest absolute Gasteiger partial charge is 0.126 e. The normalized spacial score (nSPS) is 12.7. The minimum Gasteiger partial charge on any atom is -0.272 e. The van der Waals surface area contributed by atoms with Gasteiger partial charge in [0.05, 0.1) is 11.7 Å². The third-order valence-corrected chi connectivity index (χ3v) is 3.59. The Kier molecular flexibility index (Phi) is 4.52. The number of hydrogen-bond acceptors (Lipinski definition) is 3. The van der Waals surface area contributed by atoms with Crippen LogP contribution < -0.4 is 11.3 Å². The van der Waals surface area contributed by atoms with E-state index in [-0.39, 0.29) is 11.9 Å². The predicted octanol–water partition coefficient (Wildman–Crippen LogP) is 2.18. The number of hydrazine groups is 1. The van der Waals surface area contributed by atoms with Gasteiger partial charge in [-0.25, -0.2) is 4.39 Å². The molecule has 0 saturated carbocycles. The van der Waals surface area contributed by atoms with Gasteiger partial charge in [-0.1, -0.05) is 19.1 Å². The summed E-state index contributed by atoms with van der Waals surface area (Å²) in [7, 11) is 1.93. The molecule has 1 aromatic heterocycles. The molecule has 5 heteroatoms. The van der Waals surface area contributed by atoms with Gasteiger partial charge in [-0.15, -0.1) is 0 Å². The number of benzene rings is 1. The fourth-order valence-corrected chi connectivity index (χ4v) is 2.30. The van der Waals surface area contributed by atoms with Crippen LogP contribution in [-0.2, 0) is 19.9 Å². The summed E-state index contributed by atoms with van der Waals surface area (Å²) in [6, 6.07) is 7.10. The van der Waals surface area contributed by atoms with Crippen molar-refractivity contribution in [2.45, 2.75) is 32.7 Å². The van der Waals surface area contributed by atoms with E-state index in [1.54, 1.807) is 13.0 Å². The summed E-state index contributed by atoms with van der Waals surface area (Å²) >= 11 is 0. The lowest BCUT2D eigenvalue weighted by Gasteiger charge is -2.17. The van der Waals surface area contributed by atoms with Crippen LogP contribution in [0.3, 0.4) is 0 Å². The van der Waals surface area contributed by atoms with Crippen LogP contribution in [0.15, 0.2) is 24.3 Å². The summed E-state index contributed by atoms with van der Waals surface area (Å²) in [5, 5.41) is 4.43. The van der Waals surface area contributed by atoms with Gasteiger partial charge < -0.3 is 0 Å². The van der Waals surface area contributed by atoms with Crippen LogP contribution >= 0.6 is 0 Å². The Bertz CT molecular complexity index is 592. The Hall–Kier alpha value is -1.72. The van der Waals surface area contributed by atoms with Crippen LogP contribution in [0.4, 0.5) is 4.39 Å². The average molecular weight is 276 g/mol. The van der Waals surface area contributed by atoms with E-state index in [9.17, 15) is 4.39 Å². The van der Waals surface area contributed by atoms with Crippen molar-refractivity contribution in [3.63, 3.8) is 0 Å². The van der Waals surface area contributed by atoms with Crippen molar-refractivity contribution >= 4 is 0 Å². The number of nitrogens with zero attached hydrogens (tertiary/aromatic N) is 2. The molecule has 0 spiro atoms. The summed E-state index contributed by atoms with van der Waals surface area (Å²) in [5.41, 5.74) is 6.58. The van der Waals surface area contributed by atoms with E-state index in [2.05, 4.69) is 23.5 Å². The molecule has 4 nitrogen and oxygen atoms in total. The Morgan fingerprint density at radius 2 is 2.15 bits per heavy atom. The standard InChI is InChI=1S/C15H21FN4/c1-4-12-8-13(20(3)19-12)9-15(18-17)11-5-6-14(16)10(2)7-11/h5-8,15,18H,4,9,17H2,1-3H3. The molecule has 3 N–H and O–H groups in total. The van der Waals surface area contributed by atoms with Crippen LogP contribution in [0.1, 0.15) is 35.5 Å². The van der Waals surface area contributed by atoms with Gasteiger partial charge >= 0.3 is 0 Å². The predicted molar refractivity (Wildman–Crippen MR) is 77.5 cm³/mol. The number of rotatable bonds is 5. The highest BCUT2D eigenvalue weighted by Crippen LogP contribution is 2.20. The van der Waals surface area contributed by atoms with E-state index >= 15 is 0 Å². The van der Waals surface area contributed by atoms with Crippen molar-refractivity contribution in [1.82, 2.24) is 15.2 Å². The lowest BCUT2D eigenvalue weighted by molar-refractivity contribution is 0.527. The maximum Gasteiger partial charge on any atom is 0.126 e. The molecule has 2 aromatic rings. The first-order chi connectivity index (χ1) is 9.55. The fraction of sp³-hybridized carbons (Fsp3) is 0.400. The first kappa shape index (κ1) is 14.7. The van der Waals surface area contributed by atoms with Gasteiger partial charge in [0.25, 0.3) is 0 Å². The van der Waals surface area contributed by atoms with E-state index in [1.807, 2.05) is 17.8 Å². The molecule has 0 aliphatic rings. The lowest BCUT2D eigenvalue weighted by Crippen LogP contribution is -2.30. The van der Waals surface area contributed by atoms with E-state index in [4.69, 9.17) is 5.84 Å². The second kappa shape index (κ2) is 6.15. The highest BCUT2D eigenvalue weighted by molar-refractivity contribution is 5.27. The number of nitrogens with one attached hydrogen (secondary N) is 1. The molecule has 20 heavy (non-hydrogen) atoms. The molecular formula is C15H21FN4. The summed E-state index contributed by atoms with van der Waals surface area (Å²) in [5.74, 6) is 5.46. The van der Waals surface area contributed by atoms with E-state index in [1.165, 1.54) is 6.07 Å². The average Bonchev–Trinajstić information content (AvgIpc) is 2.80. The van der Waals surface area contributed by atoms with Crippen LogP contribution in [0.5, 0.6) is 0 Å². The minimum atomic E-state index is -0.196. The van der Waals surface area contributed by atoms with Crippen LogP contribution in [0, 0.1) is 12.7 Å². The van der Waals surface area contributed by atoms with Crippen molar-refractivity contribution in [1.29, 1.82) is 0 Å². The molecule has 1 heterocycles. The van der Waals surface area contributed by atoms with Gasteiger partial charge in [-0.3, -0.25) is 16.0 Å². The summed E-state index contributed by atoms with van der Waals surface area (Å²) in [6.07, 6.45) is 1.62. The van der Waals surface area contributed by atoms with E-state index in [0.29, 0.717) is 12.0 Å². The monoisotopic (exact) mass is 276 g/mol. The van der Waals surface area contributed by atoms with Gasteiger partial charge in [0.15, 0.2) is 0 Å². The first-order valence-electron chi connectivity index (χ1n) is 6.79. The van der Waals surface area contributed by atoms with Crippen molar-refractivity contribution < 1.29 is 4.39 Å².